The Hall–Kier alpha value is -0.250. The van der Waals surface area contributed by atoms with Crippen molar-refractivity contribution < 1.29 is 4.74 Å². The van der Waals surface area contributed by atoms with Gasteiger partial charge in [0.05, 0.1) is 0 Å². The Morgan fingerprint density at radius 1 is 1.39 bits per heavy atom. The van der Waals surface area contributed by atoms with E-state index in [-0.39, 0.29) is 0 Å². The number of benzene rings is 1. The fourth-order valence-electron chi connectivity index (χ4n) is 2.30. The molecule has 0 spiro atoms. The van der Waals surface area contributed by atoms with Crippen molar-refractivity contribution in [3.63, 3.8) is 0 Å². The molecule has 1 fully saturated rings. The fourth-order valence-corrected chi connectivity index (χ4v) is 3.20. The minimum Gasteiger partial charge on any atom is -0.381 e. The SMILES string of the molecule is CN(CC1CCOCC1)c1ccc(CBr)c(Cl)c1. The lowest BCUT2D eigenvalue weighted by molar-refractivity contribution is 0.0685. The number of hydrogen-bond acceptors (Lipinski definition) is 2. The molecule has 1 aromatic carbocycles. The molecule has 2 nitrogen and oxygen atoms in total. The molecule has 2 rings (SSSR count). The van der Waals surface area contributed by atoms with Crippen LogP contribution >= 0.6 is 27.5 Å². The van der Waals surface area contributed by atoms with Crippen molar-refractivity contribution in [3.8, 4) is 0 Å². The van der Waals surface area contributed by atoms with Gasteiger partial charge in [-0.2, -0.15) is 0 Å². The molecule has 0 N–H and O–H groups in total. The van der Waals surface area contributed by atoms with Crippen LogP contribution in [0.15, 0.2) is 18.2 Å². The maximum atomic E-state index is 6.24. The highest BCUT2D eigenvalue weighted by Crippen LogP contribution is 2.26. The third-order valence-corrected chi connectivity index (χ3v) is 4.45. The zero-order chi connectivity index (χ0) is 13.0. The van der Waals surface area contributed by atoms with E-state index < -0.39 is 0 Å². The van der Waals surface area contributed by atoms with Gasteiger partial charge in [0.25, 0.3) is 0 Å². The van der Waals surface area contributed by atoms with E-state index in [0.717, 1.165) is 54.4 Å². The van der Waals surface area contributed by atoms with Gasteiger partial charge >= 0.3 is 0 Å². The van der Waals surface area contributed by atoms with Crippen molar-refractivity contribution >= 4 is 33.2 Å². The first-order chi connectivity index (χ1) is 8.70. The molecule has 18 heavy (non-hydrogen) atoms. The van der Waals surface area contributed by atoms with Crippen LogP contribution in [0.4, 0.5) is 5.69 Å². The largest absolute Gasteiger partial charge is 0.381 e. The topological polar surface area (TPSA) is 12.5 Å². The molecule has 0 saturated carbocycles. The predicted octanol–water partition coefficient (Wildman–Crippen LogP) is 4.10. The van der Waals surface area contributed by atoms with Gasteiger partial charge in [-0.05, 0) is 36.5 Å². The molecule has 1 aromatic rings. The smallest absolute Gasteiger partial charge is 0.0469 e. The van der Waals surface area contributed by atoms with Gasteiger partial charge in [-0.1, -0.05) is 33.6 Å². The van der Waals surface area contributed by atoms with E-state index in [1.54, 1.807) is 0 Å². The number of rotatable bonds is 4. The summed E-state index contributed by atoms with van der Waals surface area (Å²) in [6.45, 7) is 2.89. The standard InChI is InChI=1S/C14H19BrClNO/c1-17(10-11-4-6-18-7-5-11)13-3-2-12(9-15)14(16)8-13/h2-3,8,11H,4-7,9-10H2,1H3. The lowest BCUT2D eigenvalue weighted by atomic mass is 9.99. The van der Waals surface area contributed by atoms with E-state index in [9.17, 15) is 0 Å². The Bertz CT molecular complexity index is 393. The Balaban J connectivity index is 1.99. The lowest BCUT2D eigenvalue weighted by Crippen LogP contribution is -2.29. The van der Waals surface area contributed by atoms with Gasteiger partial charge in [0.15, 0.2) is 0 Å². The second kappa shape index (κ2) is 6.78. The van der Waals surface area contributed by atoms with E-state index in [4.69, 9.17) is 16.3 Å². The molecule has 0 aromatic heterocycles. The van der Waals surface area contributed by atoms with Gasteiger partial charge in [0.1, 0.15) is 0 Å². The number of alkyl halides is 1. The normalized spacial score (nSPS) is 16.8. The molecule has 0 radical (unpaired) electrons. The maximum absolute atomic E-state index is 6.24. The first-order valence-electron chi connectivity index (χ1n) is 6.34. The van der Waals surface area contributed by atoms with E-state index in [2.05, 4.69) is 46.1 Å². The molecule has 100 valence electrons. The zero-order valence-electron chi connectivity index (χ0n) is 10.7. The molecule has 0 amide bonds. The van der Waals surface area contributed by atoms with Crippen LogP contribution in [-0.4, -0.2) is 26.8 Å². The van der Waals surface area contributed by atoms with Gasteiger partial charge in [0, 0.05) is 42.8 Å². The number of anilines is 1. The minimum atomic E-state index is 0.735. The summed E-state index contributed by atoms with van der Waals surface area (Å²) in [6.07, 6.45) is 2.33. The molecule has 1 heterocycles. The van der Waals surface area contributed by atoms with Crippen LogP contribution in [0.25, 0.3) is 0 Å². The van der Waals surface area contributed by atoms with Crippen LogP contribution in [0.3, 0.4) is 0 Å². The van der Waals surface area contributed by atoms with Crippen molar-refractivity contribution in [2.75, 3.05) is 31.7 Å². The molecule has 1 saturated heterocycles. The number of ether oxygens (including phenoxy) is 1. The lowest BCUT2D eigenvalue weighted by Gasteiger charge is -2.28. The third-order valence-electron chi connectivity index (χ3n) is 3.49. The monoisotopic (exact) mass is 331 g/mol. The molecule has 1 aliphatic heterocycles. The van der Waals surface area contributed by atoms with Gasteiger partial charge in [0.2, 0.25) is 0 Å². The zero-order valence-corrected chi connectivity index (χ0v) is 13.0. The number of hydrogen-bond donors (Lipinski definition) is 0. The second-order valence-corrected chi connectivity index (χ2v) is 5.81. The van der Waals surface area contributed by atoms with E-state index >= 15 is 0 Å². The third kappa shape index (κ3) is 3.62. The molecule has 0 aliphatic carbocycles. The Morgan fingerprint density at radius 2 is 2.11 bits per heavy atom. The summed E-state index contributed by atoms with van der Waals surface area (Å²) in [4.78, 5) is 2.29. The van der Waals surface area contributed by atoms with E-state index in [1.807, 2.05) is 0 Å². The van der Waals surface area contributed by atoms with Gasteiger partial charge in [-0.25, -0.2) is 0 Å². The summed E-state index contributed by atoms with van der Waals surface area (Å²) in [6, 6.07) is 6.28. The second-order valence-electron chi connectivity index (χ2n) is 4.85. The van der Waals surface area contributed by atoms with Crippen LogP contribution in [-0.2, 0) is 10.1 Å². The van der Waals surface area contributed by atoms with Gasteiger partial charge in [-0.15, -0.1) is 0 Å². The number of nitrogens with zero attached hydrogens (tertiary/aromatic N) is 1. The summed E-state index contributed by atoms with van der Waals surface area (Å²) in [5.41, 5.74) is 2.33. The molecule has 0 atom stereocenters. The molecule has 1 aliphatic rings. The average Bonchev–Trinajstić information content (AvgIpc) is 2.39. The van der Waals surface area contributed by atoms with Crippen molar-refractivity contribution in [1.82, 2.24) is 0 Å². The Labute approximate surface area is 122 Å². The van der Waals surface area contributed by atoms with Gasteiger partial charge in [-0.3, -0.25) is 0 Å². The van der Waals surface area contributed by atoms with Crippen molar-refractivity contribution in [1.29, 1.82) is 0 Å². The molecular formula is C14H19BrClNO. The van der Waals surface area contributed by atoms with Crippen molar-refractivity contribution in [3.05, 3.63) is 28.8 Å². The van der Waals surface area contributed by atoms with Crippen molar-refractivity contribution in [2.24, 2.45) is 5.92 Å². The fraction of sp³-hybridized carbons (Fsp3) is 0.571. The highest BCUT2D eigenvalue weighted by atomic mass is 79.9. The maximum Gasteiger partial charge on any atom is 0.0469 e. The Morgan fingerprint density at radius 3 is 2.72 bits per heavy atom. The minimum absolute atomic E-state index is 0.735. The summed E-state index contributed by atoms with van der Waals surface area (Å²) in [5, 5.41) is 1.64. The van der Waals surface area contributed by atoms with Gasteiger partial charge < -0.3 is 9.64 Å². The molecule has 4 heteroatoms. The summed E-state index contributed by atoms with van der Waals surface area (Å²) < 4.78 is 5.39. The molecule has 0 bridgehead atoms. The first kappa shape index (κ1) is 14.2. The summed E-state index contributed by atoms with van der Waals surface area (Å²) >= 11 is 9.68. The van der Waals surface area contributed by atoms with Crippen LogP contribution in [0, 0.1) is 5.92 Å². The highest BCUT2D eigenvalue weighted by molar-refractivity contribution is 9.08. The number of halogens is 2. The highest BCUT2D eigenvalue weighted by Gasteiger charge is 2.16. The predicted molar refractivity (Wildman–Crippen MR) is 80.9 cm³/mol. The summed E-state index contributed by atoms with van der Waals surface area (Å²) in [7, 11) is 2.13. The quantitative estimate of drug-likeness (QED) is 0.770. The first-order valence-corrected chi connectivity index (χ1v) is 7.84. The van der Waals surface area contributed by atoms with Crippen molar-refractivity contribution in [2.45, 2.75) is 18.2 Å². The molecular weight excluding hydrogens is 314 g/mol. The van der Waals surface area contributed by atoms with E-state index in [0.29, 0.717) is 0 Å². The molecule has 0 unspecified atom stereocenters. The van der Waals surface area contributed by atoms with Crippen LogP contribution < -0.4 is 4.90 Å². The van der Waals surface area contributed by atoms with Crippen LogP contribution in [0.1, 0.15) is 18.4 Å². The summed E-state index contributed by atoms with van der Waals surface area (Å²) in [5.74, 6) is 0.735. The average molecular weight is 333 g/mol. The van der Waals surface area contributed by atoms with Crippen LogP contribution in [0.5, 0.6) is 0 Å². The van der Waals surface area contributed by atoms with Crippen LogP contribution in [0.2, 0.25) is 5.02 Å². The Kier molecular flexibility index (Phi) is 5.34. The van der Waals surface area contributed by atoms with E-state index in [1.165, 1.54) is 5.69 Å².